The van der Waals surface area contributed by atoms with Crippen LogP contribution in [0.25, 0.3) is 0 Å². The van der Waals surface area contributed by atoms with Crippen molar-refractivity contribution in [2.75, 3.05) is 26.2 Å². The molecule has 1 N–H and O–H groups in total. The van der Waals surface area contributed by atoms with Crippen molar-refractivity contribution in [3.8, 4) is 0 Å². The van der Waals surface area contributed by atoms with Crippen LogP contribution in [-0.4, -0.2) is 31.1 Å². The lowest BCUT2D eigenvalue weighted by atomic mass is 9.97. The lowest BCUT2D eigenvalue weighted by molar-refractivity contribution is 0.162. The molecular weight excluding hydrogens is 303 g/mol. The van der Waals surface area contributed by atoms with Gasteiger partial charge in [-0.3, -0.25) is 4.90 Å². The molecule has 0 unspecified atom stereocenters. The van der Waals surface area contributed by atoms with Crippen molar-refractivity contribution in [3.05, 3.63) is 35.4 Å². The topological polar surface area (TPSA) is 15.3 Å². The van der Waals surface area contributed by atoms with Gasteiger partial charge in [0.15, 0.2) is 0 Å². The Kier molecular flexibility index (Phi) is 11.2. The molecule has 0 bridgehead atoms. The molecule has 1 atom stereocenters. The minimum atomic E-state index is 0. The molecule has 1 fully saturated rings. The largest absolute Gasteiger partial charge is 0.314 e. The van der Waals surface area contributed by atoms with E-state index in [0.29, 0.717) is 6.04 Å². The van der Waals surface area contributed by atoms with Crippen LogP contribution < -0.4 is 5.32 Å². The van der Waals surface area contributed by atoms with Gasteiger partial charge in [-0.05, 0) is 18.9 Å². The van der Waals surface area contributed by atoms with Crippen LogP contribution in [0.1, 0.15) is 49.8 Å². The molecule has 0 aliphatic carbocycles. The van der Waals surface area contributed by atoms with Crippen molar-refractivity contribution in [3.63, 3.8) is 0 Å². The molecule has 1 aliphatic heterocycles. The van der Waals surface area contributed by atoms with Gasteiger partial charge in [0.1, 0.15) is 0 Å². The first kappa shape index (κ1) is 20.7. The van der Waals surface area contributed by atoms with Crippen LogP contribution >= 0.6 is 24.8 Å². The molecule has 0 saturated carbocycles. The summed E-state index contributed by atoms with van der Waals surface area (Å²) in [7, 11) is 0. The highest BCUT2D eigenvalue weighted by molar-refractivity contribution is 5.85. The molecule has 4 heteroatoms. The van der Waals surface area contributed by atoms with Gasteiger partial charge in [-0.15, -0.1) is 24.8 Å². The standard InChI is InChI=1S/C17H28N2.2ClH/c1-3-4-5-9-17(19-12-10-18-11-13-19)16-8-6-7-15(2)14-16;;/h6-8,14,17-18H,3-5,9-13H2,1-2H3;2*1H/t17-;;/m1../s1. The molecular formula is C17H30Cl2N2. The van der Waals surface area contributed by atoms with Crippen LogP contribution in [-0.2, 0) is 0 Å². The van der Waals surface area contributed by atoms with E-state index in [4.69, 9.17) is 0 Å². The number of nitrogens with one attached hydrogen (secondary N) is 1. The van der Waals surface area contributed by atoms with Crippen molar-refractivity contribution in [2.45, 2.75) is 45.6 Å². The van der Waals surface area contributed by atoms with Crippen LogP contribution in [0.4, 0.5) is 0 Å². The van der Waals surface area contributed by atoms with Crippen LogP contribution in [0.3, 0.4) is 0 Å². The number of rotatable bonds is 6. The lowest BCUT2D eigenvalue weighted by Gasteiger charge is -2.35. The van der Waals surface area contributed by atoms with Gasteiger partial charge in [-0.1, -0.05) is 56.0 Å². The van der Waals surface area contributed by atoms with Crippen molar-refractivity contribution in [1.82, 2.24) is 10.2 Å². The molecule has 1 aromatic carbocycles. The van der Waals surface area contributed by atoms with Crippen LogP contribution in [0.2, 0.25) is 0 Å². The van der Waals surface area contributed by atoms with Crippen molar-refractivity contribution >= 4 is 24.8 Å². The highest BCUT2D eigenvalue weighted by Crippen LogP contribution is 2.27. The van der Waals surface area contributed by atoms with Gasteiger partial charge in [-0.2, -0.15) is 0 Å². The van der Waals surface area contributed by atoms with Gasteiger partial charge in [0.05, 0.1) is 0 Å². The Morgan fingerprint density at radius 3 is 2.48 bits per heavy atom. The first-order chi connectivity index (χ1) is 9.31. The van der Waals surface area contributed by atoms with E-state index in [1.54, 1.807) is 0 Å². The maximum absolute atomic E-state index is 3.46. The molecule has 0 aromatic heterocycles. The molecule has 1 aromatic rings. The summed E-state index contributed by atoms with van der Waals surface area (Å²) in [6.07, 6.45) is 5.31. The van der Waals surface area contributed by atoms with Gasteiger partial charge >= 0.3 is 0 Å². The Balaban J connectivity index is 0.00000200. The van der Waals surface area contributed by atoms with E-state index >= 15 is 0 Å². The SMILES string of the molecule is CCCCC[C@H](c1cccc(C)c1)N1CCNCC1.Cl.Cl. The Labute approximate surface area is 142 Å². The van der Waals surface area contributed by atoms with E-state index < -0.39 is 0 Å². The summed E-state index contributed by atoms with van der Waals surface area (Å²) in [5.74, 6) is 0. The third-order valence-electron chi connectivity index (χ3n) is 4.10. The Morgan fingerprint density at radius 2 is 1.86 bits per heavy atom. The summed E-state index contributed by atoms with van der Waals surface area (Å²) in [5, 5.41) is 3.46. The summed E-state index contributed by atoms with van der Waals surface area (Å²) < 4.78 is 0. The number of unbranched alkanes of at least 4 members (excludes halogenated alkanes) is 2. The number of piperazine rings is 1. The lowest BCUT2D eigenvalue weighted by Crippen LogP contribution is -2.45. The van der Waals surface area contributed by atoms with Crippen LogP contribution in [0, 0.1) is 6.92 Å². The zero-order chi connectivity index (χ0) is 13.5. The van der Waals surface area contributed by atoms with Crippen molar-refractivity contribution < 1.29 is 0 Å². The number of nitrogens with zero attached hydrogens (tertiary/aromatic N) is 1. The second-order valence-corrected chi connectivity index (χ2v) is 5.71. The Hall–Kier alpha value is -0.280. The van der Waals surface area contributed by atoms with Gasteiger partial charge in [-0.25, -0.2) is 0 Å². The second-order valence-electron chi connectivity index (χ2n) is 5.71. The number of halogens is 2. The first-order valence-corrected chi connectivity index (χ1v) is 7.82. The van der Waals surface area contributed by atoms with Crippen molar-refractivity contribution in [1.29, 1.82) is 0 Å². The summed E-state index contributed by atoms with van der Waals surface area (Å²) in [6, 6.07) is 9.71. The monoisotopic (exact) mass is 332 g/mol. The molecule has 1 aliphatic rings. The van der Waals surface area contributed by atoms with Gasteiger partial charge in [0.25, 0.3) is 0 Å². The minimum absolute atomic E-state index is 0. The predicted octanol–water partition coefficient (Wildman–Crippen LogP) is 4.37. The fourth-order valence-electron chi connectivity index (χ4n) is 3.02. The smallest absolute Gasteiger partial charge is 0.0349 e. The van der Waals surface area contributed by atoms with E-state index in [9.17, 15) is 0 Å². The van der Waals surface area contributed by atoms with Crippen LogP contribution in [0.15, 0.2) is 24.3 Å². The maximum Gasteiger partial charge on any atom is 0.0349 e. The van der Waals surface area contributed by atoms with Gasteiger partial charge in [0.2, 0.25) is 0 Å². The van der Waals surface area contributed by atoms with E-state index in [2.05, 4.69) is 48.3 Å². The zero-order valence-corrected chi connectivity index (χ0v) is 14.9. The maximum atomic E-state index is 3.46. The number of hydrogen-bond acceptors (Lipinski definition) is 2. The summed E-state index contributed by atoms with van der Waals surface area (Å²) in [4.78, 5) is 2.67. The quantitative estimate of drug-likeness (QED) is 0.778. The molecule has 0 amide bonds. The third-order valence-corrected chi connectivity index (χ3v) is 4.10. The first-order valence-electron chi connectivity index (χ1n) is 7.82. The predicted molar refractivity (Wildman–Crippen MR) is 97.0 cm³/mol. The molecule has 122 valence electrons. The minimum Gasteiger partial charge on any atom is -0.314 e. The van der Waals surface area contributed by atoms with E-state index in [1.165, 1.54) is 49.9 Å². The highest BCUT2D eigenvalue weighted by Gasteiger charge is 2.21. The zero-order valence-electron chi connectivity index (χ0n) is 13.3. The van der Waals surface area contributed by atoms with Gasteiger partial charge < -0.3 is 5.32 Å². The number of hydrogen-bond donors (Lipinski definition) is 1. The molecule has 2 rings (SSSR count). The molecule has 0 radical (unpaired) electrons. The number of aryl methyl sites for hydroxylation is 1. The second kappa shape index (κ2) is 11.3. The summed E-state index contributed by atoms with van der Waals surface area (Å²) in [5.41, 5.74) is 2.89. The van der Waals surface area contributed by atoms with Crippen molar-refractivity contribution in [2.24, 2.45) is 0 Å². The fraction of sp³-hybridized carbons (Fsp3) is 0.647. The van der Waals surface area contributed by atoms with E-state index in [0.717, 1.165) is 13.1 Å². The normalized spacial score (nSPS) is 16.7. The van der Waals surface area contributed by atoms with Gasteiger partial charge in [0, 0.05) is 32.2 Å². The molecule has 1 heterocycles. The third kappa shape index (κ3) is 6.56. The Bertz CT molecular complexity index is 379. The average Bonchev–Trinajstić information content (AvgIpc) is 2.45. The van der Waals surface area contributed by atoms with E-state index in [-0.39, 0.29) is 24.8 Å². The van der Waals surface area contributed by atoms with Crippen LogP contribution in [0.5, 0.6) is 0 Å². The molecule has 2 nitrogen and oxygen atoms in total. The fourth-order valence-corrected chi connectivity index (χ4v) is 3.02. The molecule has 1 saturated heterocycles. The average molecular weight is 333 g/mol. The van der Waals surface area contributed by atoms with E-state index in [1.807, 2.05) is 0 Å². The molecule has 0 spiro atoms. The number of benzene rings is 1. The Morgan fingerprint density at radius 1 is 1.14 bits per heavy atom. The highest BCUT2D eigenvalue weighted by atomic mass is 35.5. The summed E-state index contributed by atoms with van der Waals surface area (Å²) >= 11 is 0. The molecule has 21 heavy (non-hydrogen) atoms. The summed E-state index contributed by atoms with van der Waals surface area (Å²) in [6.45, 7) is 9.12.